The van der Waals surface area contributed by atoms with Gasteiger partial charge in [-0.1, -0.05) is 26.0 Å². The summed E-state index contributed by atoms with van der Waals surface area (Å²) in [5.41, 5.74) is 0.676. The van der Waals surface area contributed by atoms with Gasteiger partial charge in [0, 0.05) is 26.2 Å². The second-order valence-corrected chi connectivity index (χ2v) is 7.89. The average Bonchev–Trinajstić information content (AvgIpc) is 3.39. The minimum atomic E-state index is -0.165. The molecule has 0 unspecified atom stereocenters. The summed E-state index contributed by atoms with van der Waals surface area (Å²) in [6.07, 6.45) is 2.62. The van der Waals surface area contributed by atoms with Crippen LogP contribution in [0.25, 0.3) is 0 Å². The van der Waals surface area contributed by atoms with Crippen LogP contribution >= 0.6 is 0 Å². The number of para-hydroxylation sites is 1. The number of hydrogen-bond donors (Lipinski definition) is 0. The van der Waals surface area contributed by atoms with Crippen molar-refractivity contribution < 1.29 is 8.81 Å². The van der Waals surface area contributed by atoms with Crippen molar-refractivity contribution in [2.24, 2.45) is 5.92 Å². The smallest absolute Gasteiger partial charge is 0.168 e. The minimum absolute atomic E-state index is 0.114. The summed E-state index contributed by atoms with van der Waals surface area (Å²) in [7, 11) is 0. The van der Waals surface area contributed by atoms with E-state index in [0.29, 0.717) is 18.2 Å². The fraction of sp³-hybridized carbons (Fsp3) is 0.476. The van der Waals surface area contributed by atoms with Crippen LogP contribution in [0.3, 0.4) is 0 Å². The van der Waals surface area contributed by atoms with Gasteiger partial charge in [-0.25, -0.2) is 9.07 Å². The van der Waals surface area contributed by atoms with Crippen molar-refractivity contribution in [2.75, 3.05) is 31.1 Å². The van der Waals surface area contributed by atoms with Gasteiger partial charge in [0.15, 0.2) is 5.82 Å². The highest BCUT2D eigenvalue weighted by Gasteiger charge is 2.30. The quantitative estimate of drug-likeness (QED) is 0.608. The predicted octanol–water partition coefficient (Wildman–Crippen LogP) is 3.36. The van der Waals surface area contributed by atoms with Gasteiger partial charge < -0.3 is 9.32 Å². The van der Waals surface area contributed by atoms with Gasteiger partial charge in [0.1, 0.15) is 18.1 Å². The summed E-state index contributed by atoms with van der Waals surface area (Å²) < 4.78 is 21.5. The first-order chi connectivity index (χ1) is 14.1. The lowest BCUT2D eigenvalue weighted by Crippen LogP contribution is -2.48. The Labute approximate surface area is 170 Å². The normalized spacial score (nSPS) is 16.5. The molecular weight excluding hydrogens is 371 g/mol. The second-order valence-electron chi connectivity index (χ2n) is 7.89. The minimum Gasteiger partial charge on any atom is -0.467 e. The number of hydrogen-bond acceptors (Lipinski definition) is 6. The Morgan fingerprint density at radius 2 is 1.86 bits per heavy atom. The summed E-state index contributed by atoms with van der Waals surface area (Å²) in [6, 6.07) is 10.9. The van der Waals surface area contributed by atoms with E-state index in [9.17, 15) is 4.39 Å². The molecule has 1 aliphatic rings. The molecule has 1 aromatic carbocycles. The third-order valence-electron chi connectivity index (χ3n) is 5.39. The summed E-state index contributed by atoms with van der Waals surface area (Å²) >= 11 is 0. The van der Waals surface area contributed by atoms with E-state index in [1.165, 1.54) is 6.07 Å². The largest absolute Gasteiger partial charge is 0.467 e. The Morgan fingerprint density at radius 3 is 2.55 bits per heavy atom. The lowest BCUT2D eigenvalue weighted by Gasteiger charge is -2.40. The van der Waals surface area contributed by atoms with Crippen molar-refractivity contribution in [3.8, 4) is 0 Å². The number of furan rings is 1. The molecule has 1 saturated heterocycles. The molecule has 0 spiro atoms. The van der Waals surface area contributed by atoms with Crippen molar-refractivity contribution in [3.63, 3.8) is 0 Å². The fourth-order valence-electron chi connectivity index (χ4n) is 3.96. The van der Waals surface area contributed by atoms with E-state index in [0.717, 1.165) is 44.2 Å². The van der Waals surface area contributed by atoms with E-state index in [1.807, 2.05) is 28.9 Å². The molecule has 3 heterocycles. The summed E-state index contributed by atoms with van der Waals surface area (Å²) in [5, 5.41) is 12.5. The predicted molar refractivity (Wildman–Crippen MR) is 108 cm³/mol. The molecule has 0 N–H and O–H groups in total. The molecule has 8 heteroatoms. The number of halogens is 1. The molecule has 1 atom stereocenters. The highest BCUT2D eigenvalue weighted by atomic mass is 19.1. The van der Waals surface area contributed by atoms with E-state index in [1.54, 1.807) is 12.3 Å². The van der Waals surface area contributed by atoms with Gasteiger partial charge >= 0.3 is 0 Å². The molecule has 0 saturated carbocycles. The summed E-state index contributed by atoms with van der Waals surface area (Å²) in [5.74, 6) is 2.01. The van der Waals surface area contributed by atoms with Crippen LogP contribution in [-0.4, -0.2) is 51.3 Å². The number of nitrogens with zero attached hydrogens (tertiary/aromatic N) is 6. The average molecular weight is 398 g/mol. The molecule has 0 bridgehead atoms. The maximum Gasteiger partial charge on any atom is 0.168 e. The van der Waals surface area contributed by atoms with Gasteiger partial charge in [-0.2, -0.15) is 0 Å². The maximum absolute atomic E-state index is 14.2. The molecule has 0 amide bonds. The maximum atomic E-state index is 14.2. The molecule has 7 nitrogen and oxygen atoms in total. The molecule has 2 aromatic heterocycles. The van der Waals surface area contributed by atoms with Crippen LogP contribution in [-0.2, 0) is 6.54 Å². The van der Waals surface area contributed by atoms with E-state index in [4.69, 9.17) is 4.42 Å². The number of rotatable bonds is 7. The molecule has 154 valence electrons. The first kappa shape index (κ1) is 19.6. The van der Waals surface area contributed by atoms with Crippen molar-refractivity contribution in [3.05, 3.63) is 60.1 Å². The van der Waals surface area contributed by atoms with Crippen molar-refractivity contribution in [1.82, 2.24) is 25.1 Å². The highest BCUT2D eigenvalue weighted by Crippen LogP contribution is 2.29. The van der Waals surface area contributed by atoms with Crippen LogP contribution in [0.4, 0.5) is 10.1 Å². The zero-order valence-corrected chi connectivity index (χ0v) is 16.9. The van der Waals surface area contributed by atoms with Crippen molar-refractivity contribution in [2.45, 2.75) is 32.9 Å². The second kappa shape index (κ2) is 8.73. The van der Waals surface area contributed by atoms with E-state index < -0.39 is 0 Å². The molecule has 29 heavy (non-hydrogen) atoms. The Morgan fingerprint density at radius 1 is 1.07 bits per heavy atom. The topological polar surface area (TPSA) is 63.2 Å². The number of anilines is 1. The lowest BCUT2D eigenvalue weighted by molar-refractivity contribution is 0.152. The van der Waals surface area contributed by atoms with Crippen LogP contribution < -0.4 is 4.90 Å². The van der Waals surface area contributed by atoms with E-state index in [-0.39, 0.29) is 11.9 Å². The molecule has 1 fully saturated rings. The number of piperazine rings is 1. The Kier molecular flexibility index (Phi) is 5.89. The third kappa shape index (κ3) is 4.48. The van der Waals surface area contributed by atoms with Gasteiger partial charge in [0.2, 0.25) is 0 Å². The zero-order valence-electron chi connectivity index (χ0n) is 16.9. The third-order valence-corrected chi connectivity index (χ3v) is 5.39. The monoisotopic (exact) mass is 398 g/mol. The standard InChI is InChI=1S/C21H27FN6O/c1-16(2)14-20(21-23-24-25-28(21)15-17-6-5-13-29-17)27-11-9-26(10-12-27)19-8-4-3-7-18(19)22/h3-8,13,16,20H,9-12,14-15H2,1-2H3/t20-/m1/s1. The van der Waals surface area contributed by atoms with Gasteiger partial charge in [-0.3, -0.25) is 4.90 Å². The molecule has 4 rings (SSSR count). The number of aromatic nitrogens is 4. The molecular formula is C21H27FN6O. The zero-order chi connectivity index (χ0) is 20.2. The highest BCUT2D eigenvalue weighted by molar-refractivity contribution is 5.48. The van der Waals surface area contributed by atoms with E-state index >= 15 is 0 Å². The summed E-state index contributed by atoms with van der Waals surface area (Å²) in [6.45, 7) is 8.15. The Hall–Kier alpha value is -2.74. The van der Waals surface area contributed by atoms with Gasteiger partial charge in [-0.15, -0.1) is 5.10 Å². The van der Waals surface area contributed by atoms with Crippen molar-refractivity contribution >= 4 is 5.69 Å². The SMILES string of the molecule is CC(C)C[C@H](c1nnnn1Cc1ccco1)N1CCN(c2ccccc2F)CC1. The van der Waals surface area contributed by atoms with Crippen molar-refractivity contribution in [1.29, 1.82) is 0 Å². The fourth-order valence-corrected chi connectivity index (χ4v) is 3.96. The lowest BCUT2D eigenvalue weighted by atomic mass is 10.0. The molecule has 3 aromatic rings. The molecule has 1 aliphatic heterocycles. The molecule has 0 aliphatic carbocycles. The number of tetrazole rings is 1. The van der Waals surface area contributed by atoms with Crippen LogP contribution in [0.15, 0.2) is 47.1 Å². The van der Waals surface area contributed by atoms with Crippen LogP contribution in [0.1, 0.15) is 37.9 Å². The van der Waals surface area contributed by atoms with Gasteiger partial charge in [0.05, 0.1) is 18.0 Å². The Bertz CT molecular complexity index is 902. The van der Waals surface area contributed by atoms with Crippen LogP contribution in [0.5, 0.6) is 0 Å². The summed E-state index contributed by atoms with van der Waals surface area (Å²) in [4.78, 5) is 4.53. The Balaban J connectivity index is 1.50. The van der Waals surface area contributed by atoms with Crippen LogP contribution in [0.2, 0.25) is 0 Å². The number of benzene rings is 1. The van der Waals surface area contributed by atoms with Gasteiger partial charge in [-0.05, 0) is 47.0 Å². The van der Waals surface area contributed by atoms with Crippen LogP contribution in [0, 0.1) is 11.7 Å². The van der Waals surface area contributed by atoms with E-state index in [2.05, 4.69) is 39.2 Å². The molecule has 0 radical (unpaired) electrons. The first-order valence-corrected chi connectivity index (χ1v) is 10.1. The first-order valence-electron chi connectivity index (χ1n) is 10.1. The van der Waals surface area contributed by atoms with Gasteiger partial charge in [0.25, 0.3) is 0 Å².